The highest BCUT2D eigenvalue weighted by Crippen LogP contribution is 2.29. The number of pyridine rings is 1. The number of hydrogen-bond donors (Lipinski definition) is 2. The molecule has 1 atom stereocenters. The van der Waals surface area contributed by atoms with Gasteiger partial charge in [0.25, 0.3) is 0 Å². The number of sulfonamides is 1. The van der Waals surface area contributed by atoms with Gasteiger partial charge in [-0.2, -0.15) is 0 Å². The quantitative estimate of drug-likeness (QED) is 0.847. The molecule has 2 N–H and O–H groups in total. The van der Waals surface area contributed by atoms with Gasteiger partial charge in [-0.1, -0.05) is 26.2 Å². The van der Waals surface area contributed by atoms with Crippen molar-refractivity contribution in [3.05, 3.63) is 18.5 Å². The summed E-state index contributed by atoms with van der Waals surface area (Å²) in [5.41, 5.74) is 0.580. The minimum Gasteiger partial charge on any atom is -0.387 e. The van der Waals surface area contributed by atoms with Crippen molar-refractivity contribution >= 4 is 15.7 Å². The SMILES string of the molecule is CCC(NS(=O)(=O)c1cnccc1NC)C1CCCCC1. The molecule has 118 valence electrons. The third-order valence-corrected chi connectivity index (χ3v) is 5.83. The summed E-state index contributed by atoms with van der Waals surface area (Å²) in [5, 5.41) is 2.91. The van der Waals surface area contributed by atoms with Gasteiger partial charge in [0.1, 0.15) is 4.90 Å². The maximum atomic E-state index is 12.6. The maximum absolute atomic E-state index is 12.6. The average molecular weight is 311 g/mol. The van der Waals surface area contributed by atoms with Gasteiger partial charge in [0.15, 0.2) is 0 Å². The zero-order chi connectivity index (χ0) is 15.3. The Bertz CT molecular complexity index is 554. The lowest BCUT2D eigenvalue weighted by Gasteiger charge is -2.30. The third kappa shape index (κ3) is 3.95. The molecule has 0 spiro atoms. The van der Waals surface area contributed by atoms with Gasteiger partial charge in [0.2, 0.25) is 10.0 Å². The van der Waals surface area contributed by atoms with Crippen molar-refractivity contribution in [2.75, 3.05) is 12.4 Å². The van der Waals surface area contributed by atoms with E-state index in [0.717, 1.165) is 19.3 Å². The van der Waals surface area contributed by atoms with Crippen LogP contribution in [0.5, 0.6) is 0 Å². The smallest absolute Gasteiger partial charge is 0.244 e. The van der Waals surface area contributed by atoms with Crippen LogP contribution in [0.2, 0.25) is 0 Å². The molecule has 0 amide bonds. The van der Waals surface area contributed by atoms with E-state index < -0.39 is 10.0 Å². The second-order valence-electron chi connectivity index (χ2n) is 5.66. The van der Waals surface area contributed by atoms with Gasteiger partial charge in [-0.15, -0.1) is 0 Å². The van der Waals surface area contributed by atoms with Crippen LogP contribution in [-0.2, 0) is 10.0 Å². The molecule has 0 saturated heterocycles. The highest BCUT2D eigenvalue weighted by molar-refractivity contribution is 7.89. The standard InChI is InChI=1S/C15H25N3O2S/c1-3-13(12-7-5-4-6-8-12)18-21(19,20)15-11-17-10-9-14(15)16-2/h9-13,18H,3-8H2,1-2H3,(H,16,17). The summed E-state index contributed by atoms with van der Waals surface area (Å²) < 4.78 is 28.2. The van der Waals surface area contributed by atoms with Crippen LogP contribution in [0.3, 0.4) is 0 Å². The molecule has 1 unspecified atom stereocenters. The molecule has 1 heterocycles. The summed E-state index contributed by atoms with van der Waals surface area (Å²) in [6, 6.07) is 1.69. The first-order valence-corrected chi connectivity index (χ1v) is 9.21. The molecule has 0 bridgehead atoms. The predicted octanol–water partition coefficient (Wildman–Crippen LogP) is 2.76. The van der Waals surface area contributed by atoms with E-state index in [1.807, 2.05) is 6.92 Å². The average Bonchev–Trinajstić information content (AvgIpc) is 2.53. The molecule has 0 radical (unpaired) electrons. The lowest BCUT2D eigenvalue weighted by Crippen LogP contribution is -2.40. The molecule has 0 aromatic carbocycles. The summed E-state index contributed by atoms with van der Waals surface area (Å²) in [7, 11) is -1.82. The van der Waals surface area contributed by atoms with E-state index in [1.54, 1.807) is 19.3 Å². The lowest BCUT2D eigenvalue weighted by atomic mass is 9.83. The Labute approximate surface area is 127 Å². The van der Waals surface area contributed by atoms with Gasteiger partial charge in [-0.3, -0.25) is 4.98 Å². The van der Waals surface area contributed by atoms with Gasteiger partial charge >= 0.3 is 0 Å². The Morgan fingerprint density at radius 3 is 2.67 bits per heavy atom. The molecule has 21 heavy (non-hydrogen) atoms. The van der Waals surface area contributed by atoms with Crippen LogP contribution in [0.25, 0.3) is 0 Å². The number of nitrogens with one attached hydrogen (secondary N) is 2. The molecule has 1 aromatic heterocycles. The van der Waals surface area contributed by atoms with Gasteiger partial charge in [0, 0.05) is 25.5 Å². The van der Waals surface area contributed by atoms with Crippen LogP contribution in [-0.4, -0.2) is 26.5 Å². The maximum Gasteiger partial charge on any atom is 0.244 e. The zero-order valence-electron chi connectivity index (χ0n) is 12.8. The molecule has 6 heteroatoms. The molecular formula is C15H25N3O2S. The number of aromatic nitrogens is 1. The van der Waals surface area contributed by atoms with Gasteiger partial charge < -0.3 is 5.32 Å². The van der Waals surface area contributed by atoms with Crippen molar-refractivity contribution in [1.82, 2.24) is 9.71 Å². The van der Waals surface area contributed by atoms with E-state index in [0.29, 0.717) is 11.6 Å². The van der Waals surface area contributed by atoms with Crippen molar-refractivity contribution in [3.8, 4) is 0 Å². The highest BCUT2D eigenvalue weighted by atomic mass is 32.2. The van der Waals surface area contributed by atoms with Gasteiger partial charge in [-0.05, 0) is 31.2 Å². The second-order valence-corrected chi connectivity index (χ2v) is 7.34. The summed E-state index contributed by atoms with van der Waals surface area (Å²) in [6.45, 7) is 2.05. The largest absolute Gasteiger partial charge is 0.387 e. The van der Waals surface area contributed by atoms with Crippen molar-refractivity contribution in [3.63, 3.8) is 0 Å². The fourth-order valence-corrected chi connectivity index (χ4v) is 4.66. The molecule has 5 nitrogen and oxygen atoms in total. The van der Waals surface area contributed by atoms with Crippen molar-refractivity contribution in [1.29, 1.82) is 0 Å². The first-order valence-electron chi connectivity index (χ1n) is 7.72. The Kier molecular flexibility index (Phi) is 5.58. The summed E-state index contributed by atoms with van der Waals surface area (Å²) in [4.78, 5) is 4.17. The molecule has 1 saturated carbocycles. The molecule has 1 aliphatic carbocycles. The van der Waals surface area contributed by atoms with Crippen molar-refractivity contribution in [2.45, 2.75) is 56.4 Å². The molecule has 2 rings (SSSR count). The number of rotatable bonds is 6. The first-order chi connectivity index (χ1) is 10.1. The van der Waals surface area contributed by atoms with E-state index >= 15 is 0 Å². The molecule has 1 fully saturated rings. The monoisotopic (exact) mass is 311 g/mol. The number of hydrogen-bond acceptors (Lipinski definition) is 4. The Morgan fingerprint density at radius 2 is 2.05 bits per heavy atom. The Hall–Kier alpha value is -1.14. The van der Waals surface area contributed by atoms with Gasteiger partial charge in [0.05, 0.1) is 5.69 Å². The Balaban J connectivity index is 2.18. The van der Waals surface area contributed by atoms with Crippen molar-refractivity contribution < 1.29 is 8.42 Å². The van der Waals surface area contributed by atoms with Crippen LogP contribution >= 0.6 is 0 Å². The number of anilines is 1. The van der Waals surface area contributed by atoms with E-state index in [-0.39, 0.29) is 10.9 Å². The summed E-state index contributed by atoms with van der Waals surface area (Å²) in [6.07, 6.45) is 9.73. The second kappa shape index (κ2) is 7.22. The van der Waals surface area contributed by atoms with Crippen LogP contribution in [0.1, 0.15) is 45.4 Å². The minimum absolute atomic E-state index is 0.0141. The lowest BCUT2D eigenvalue weighted by molar-refractivity contribution is 0.285. The fraction of sp³-hybridized carbons (Fsp3) is 0.667. The van der Waals surface area contributed by atoms with Crippen LogP contribution in [0.4, 0.5) is 5.69 Å². The normalized spacial score (nSPS) is 18.4. The number of nitrogens with zero attached hydrogens (tertiary/aromatic N) is 1. The van der Waals surface area contributed by atoms with Crippen LogP contribution < -0.4 is 10.0 Å². The van der Waals surface area contributed by atoms with E-state index in [9.17, 15) is 8.42 Å². The van der Waals surface area contributed by atoms with E-state index in [2.05, 4.69) is 15.0 Å². The van der Waals surface area contributed by atoms with Crippen LogP contribution in [0.15, 0.2) is 23.4 Å². The summed E-state index contributed by atoms with van der Waals surface area (Å²) >= 11 is 0. The highest BCUT2D eigenvalue weighted by Gasteiger charge is 2.28. The minimum atomic E-state index is -3.54. The molecule has 1 aliphatic rings. The molecule has 1 aromatic rings. The topological polar surface area (TPSA) is 71.1 Å². The third-order valence-electron chi connectivity index (χ3n) is 4.31. The predicted molar refractivity (Wildman–Crippen MR) is 84.8 cm³/mol. The van der Waals surface area contributed by atoms with Crippen molar-refractivity contribution in [2.24, 2.45) is 5.92 Å². The zero-order valence-corrected chi connectivity index (χ0v) is 13.6. The first kappa shape index (κ1) is 16.2. The summed E-state index contributed by atoms with van der Waals surface area (Å²) in [5.74, 6) is 0.452. The van der Waals surface area contributed by atoms with Crippen LogP contribution in [0, 0.1) is 5.92 Å². The molecular weight excluding hydrogens is 286 g/mol. The van der Waals surface area contributed by atoms with Gasteiger partial charge in [-0.25, -0.2) is 13.1 Å². The van der Waals surface area contributed by atoms with E-state index in [4.69, 9.17) is 0 Å². The Morgan fingerprint density at radius 1 is 1.33 bits per heavy atom. The van der Waals surface area contributed by atoms with E-state index in [1.165, 1.54) is 25.5 Å². The fourth-order valence-electron chi connectivity index (χ4n) is 3.11. The molecule has 0 aliphatic heterocycles.